The highest BCUT2D eigenvalue weighted by Gasteiger charge is 2.48. The van der Waals surface area contributed by atoms with Crippen molar-refractivity contribution in [2.24, 2.45) is 18.4 Å². The van der Waals surface area contributed by atoms with Crippen LogP contribution in [0.25, 0.3) is 0 Å². The quantitative estimate of drug-likeness (QED) is 0.782. The molecule has 1 aromatic carbocycles. The molecular weight excluding hydrogens is 423 g/mol. The average molecular weight is 447 g/mol. The average Bonchev–Trinajstić information content (AvgIpc) is 3.36. The van der Waals surface area contributed by atoms with Gasteiger partial charge in [0.2, 0.25) is 0 Å². The number of aryl methyl sites for hydroxylation is 1. The van der Waals surface area contributed by atoms with Gasteiger partial charge in [0.15, 0.2) is 0 Å². The maximum Gasteiger partial charge on any atom is 0.417 e. The van der Waals surface area contributed by atoms with E-state index in [1.165, 1.54) is 18.3 Å². The molecule has 32 heavy (non-hydrogen) atoms. The first-order valence-corrected chi connectivity index (χ1v) is 10.4. The van der Waals surface area contributed by atoms with Crippen LogP contribution >= 0.6 is 0 Å². The molecule has 1 spiro atoms. The lowest BCUT2D eigenvalue weighted by molar-refractivity contribution is -0.137. The van der Waals surface area contributed by atoms with Gasteiger partial charge in [-0.2, -0.15) is 23.5 Å². The molecule has 7 nitrogen and oxygen atoms in total. The first-order chi connectivity index (χ1) is 15.2. The maximum atomic E-state index is 13.4. The zero-order chi connectivity index (χ0) is 23.1. The number of likely N-dealkylation sites (tertiary alicyclic amines) is 1. The minimum absolute atomic E-state index is 0.0739. The summed E-state index contributed by atoms with van der Waals surface area (Å²) in [6.45, 7) is 1.88. The summed E-state index contributed by atoms with van der Waals surface area (Å²) in [4.78, 5) is 16.3. The molecule has 2 aliphatic heterocycles. The standard InChI is InChI=1S/C22H24F3N5O2/c1-28-11-16(10-27-28)20(32)29-6-4-21(5-7-29)14-30(12-17(21)13-31)18-3-2-15(9-26)19(8-18)22(23,24)25/h2-3,8,10-11,17,31H,4-7,12-14H2,1H3. The van der Waals surface area contributed by atoms with Crippen LogP contribution < -0.4 is 4.90 Å². The SMILES string of the molecule is Cn1cc(C(=O)N2CCC3(CC2)CN(c2ccc(C#N)c(C(F)(F)F)c2)CC3CO)cn1. The van der Waals surface area contributed by atoms with Gasteiger partial charge in [-0.1, -0.05) is 0 Å². The highest BCUT2D eigenvalue weighted by Crippen LogP contribution is 2.46. The number of rotatable bonds is 3. The molecular formula is C22H24F3N5O2. The Morgan fingerprint density at radius 2 is 2.06 bits per heavy atom. The van der Waals surface area contributed by atoms with E-state index >= 15 is 0 Å². The zero-order valence-electron chi connectivity index (χ0n) is 17.6. The maximum absolute atomic E-state index is 13.4. The molecule has 2 fully saturated rings. The molecule has 1 atom stereocenters. The summed E-state index contributed by atoms with van der Waals surface area (Å²) in [7, 11) is 1.74. The molecule has 4 rings (SSSR count). The fourth-order valence-electron chi connectivity index (χ4n) is 4.98. The number of carbonyl (C=O) groups excluding carboxylic acids is 1. The Labute approximate surface area is 183 Å². The third kappa shape index (κ3) is 3.93. The van der Waals surface area contributed by atoms with Crippen molar-refractivity contribution in [3.05, 3.63) is 47.3 Å². The molecule has 170 valence electrons. The number of aliphatic hydroxyl groups excluding tert-OH is 1. The van der Waals surface area contributed by atoms with Gasteiger partial charge in [0.05, 0.1) is 29.0 Å². The summed E-state index contributed by atoms with van der Waals surface area (Å²) in [5.41, 5.74) is -0.729. The molecule has 1 N–H and O–H groups in total. The second-order valence-corrected chi connectivity index (χ2v) is 8.66. The minimum Gasteiger partial charge on any atom is -0.396 e. The number of benzene rings is 1. The van der Waals surface area contributed by atoms with E-state index in [4.69, 9.17) is 5.26 Å². The Hall–Kier alpha value is -3.06. The molecule has 1 aromatic heterocycles. The fraction of sp³-hybridized carbons (Fsp3) is 0.500. The van der Waals surface area contributed by atoms with Crippen LogP contribution in [0.4, 0.5) is 18.9 Å². The van der Waals surface area contributed by atoms with Crippen LogP contribution in [0.2, 0.25) is 0 Å². The number of piperidine rings is 1. The number of halogens is 3. The van der Waals surface area contributed by atoms with Crippen LogP contribution in [0, 0.1) is 22.7 Å². The van der Waals surface area contributed by atoms with Crippen molar-refractivity contribution in [3.8, 4) is 6.07 Å². The second kappa shape index (κ2) is 8.13. The van der Waals surface area contributed by atoms with Crippen molar-refractivity contribution < 1.29 is 23.1 Å². The van der Waals surface area contributed by atoms with Gasteiger partial charge in [-0.25, -0.2) is 0 Å². The van der Waals surface area contributed by atoms with E-state index in [1.807, 2.05) is 4.90 Å². The van der Waals surface area contributed by atoms with Crippen molar-refractivity contribution in [2.75, 3.05) is 37.7 Å². The number of nitrogens with zero attached hydrogens (tertiary/aromatic N) is 5. The van der Waals surface area contributed by atoms with Crippen LogP contribution in [-0.4, -0.2) is 58.5 Å². The topological polar surface area (TPSA) is 85.4 Å². The van der Waals surface area contributed by atoms with Gasteiger partial charge >= 0.3 is 6.18 Å². The van der Waals surface area contributed by atoms with E-state index in [9.17, 15) is 23.1 Å². The van der Waals surface area contributed by atoms with Gasteiger partial charge in [-0.05, 0) is 36.5 Å². The van der Waals surface area contributed by atoms with Crippen LogP contribution in [0.15, 0.2) is 30.6 Å². The number of aromatic nitrogens is 2. The summed E-state index contributed by atoms with van der Waals surface area (Å²) in [5.74, 6) is -0.201. The van der Waals surface area contributed by atoms with Crippen molar-refractivity contribution in [3.63, 3.8) is 0 Å². The Kier molecular flexibility index (Phi) is 5.63. The fourth-order valence-corrected chi connectivity index (χ4v) is 4.98. The third-order valence-corrected chi connectivity index (χ3v) is 6.83. The van der Waals surface area contributed by atoms with E-state index < -0.39 is 17.3 Å². The molecule has 1 unspecified atom stereocenters. The molecule has 3 heterocycles. The second-order valence-electron chi connectivity index (χ2n) is 8.66. The molecule has 2 aromatic rings. The van der Waals surface area contributed by atoms with E-state index in [-0.39, 0.29) is 23.8 Å². The lowest BCUT2D eigenvalue weighted by Gasteiger charge is -2.42. The lowest BCUT2D eigenvalue weighted by atomic mass is 9.71. The molecule has 10 heteroatoms. The van der Waals surface area contributed by atoms with Gasteiger partial charge in [0.1, 0.15) is 0 Å². The number of anilines is 1. The molecule has 0 bridgehead atoms. The summed E-state index contributed by atoms with van der Waals surface area (Å²) in [6, 6.07) is 5.36. The third-order valence-electron chi connectivity index (χ3n) is 6.83. The Bertz CT molecular complexity index is 1050. The molecule has 2 aliphatic rings. The van der Waals surface area contributed by atoms with E-state index in [0.29, 0.717) is 50.3 Å². The number of carbonyl (C=O) groups is 1. The first kappa shape index (κ1) is 22.1. The molecule has 0 saturated carbocycles. The lowest BCUT2D eigenvalue weighted by Crippen LogP contribution is -2.47. The predicted molar refractivity (Wildman–Crippen MR) is 110 cm³/mol. The Morgan fingerprint density at radius 1 is 1.34 bits per heavy atom. The van der Waals surface area contributed by atoms with Gasteiger partial charge in [0, 0.05) is 57.6 Å². The van der Waals surface area contributed by atoms with Gasteiger partial charge < -0.3 is 14.9 Å². The largest absolute Gasteiger partial charge is 0.417 e. The highest BCUT2D eigenvalue weighted by molar-refractivity contribution is 5.93. The number of amides is 1. The van der Waals surface area contributed by atoms with Crippen molar-refractivity contribution in [2.45, 2.75) is 19.0 Å². The van der Waals surface area contributed by atoms with E-state index in [0.717, 1.165) is 6.07 Å². The van der Waals surface area contributed by atoms with Crippen molar-refractivity contribution in [1.29, 1.82) is 5.26 Å². The summed E-state index contributed by atoms with van der Waals surface area (Å²) < 4.78 is 41.8. The van der Waals surface area contributed by atoms with Gasteiger partial charge in [-0.3, -0.25) is 9.48 Å². The number of hydrogen-bond acceptors (Lipinski definition) is 5. The summed E-state index contributed by atoms with van der Waals surface area (Å²) >= 11 is 0. The Balaban J connectivity index is 1.52. The van der Waals surface area contributed by atoms with Crippen LogP contribution in [0.3, 0.4) is 0 Å². The van der Waals surface area contributed by atoms with Crippen molar-refractivity contribution >= 4 is 11.6 Å². The number of nitriles is 1. The summed E-state index contributed by atoms with van der Waals surface area (Å²) in [6.07, 6.45) is -0.105. The molecule has 0 aliphatic carbocycles. The predicted octanol–water partition coefficient (Wildman–Crippen LogP) is 2.66. The van der Waals surface area contributed by atoms with Crippen LogP contribution in [-0.2, 0) is 13.2 Å². The molecule has 1 amide bonds. The normalized spacial score (nSPS) is 20.6. The van der Waals surface area contributed by atoms with Crippen LogP contribution in [0.5, 0.6) is 0 Å². The smallest absolute Gasteiger partial charge is 0.396 e. The number of aliphatic hydroxyl groups is 1. The molecule has 0 radical (unpaired) electrons. The highest BCUT2D eigenvalue weighted by atomic mass is 19.4. The van der Waals surface area contributed by atoms with Crippen molar-refractivity contribution in [1.82, 2.24) is 14.7 Å². The Morgan fingerprint density at radius 3 is 2.62 bits per heavy atom. The van der Waals surface area contributed by atoms with Crippen LogP contribution in [0.1, 0.15) is 34.3 Å². The van der Waals surface area contributed by atoms with E-state index in [1.54, 1.807) is 28.9 Å². The first-order valence-electron chi connectivity index (χ1n) is 10.4. The number of hydrogen-bond donors (Lipinski definition) is 1. The minimum atomic E-state index is -4.62. The van der Waals surface area contributed by atoms with E-state index in [2.05, 4.69) is 5.10 Å². The van der Waals surface area contributed by atoms with Gasteiger partial charge in [-0.15, -0.1) is 0 Å². The molecule has 2 saturated heterocycles. The number of alkyl halides is 3. The van der Waals surface area contributed by atoms with Gasteiger partial charge in [0.25, 0.3) is 5.91 Å². The summed E-state index contributed by atoms with van der Waals surface area (Å²) in [5, 5.41) is 23.1. The zero-order valence-corrected chi connectivity index (χ0v) is 17.6. The monoisotopic (exact) mass is 447 g/mol.